The molecule has 0 amide bonds. The number of nitrogens with one attached hydrogen (secondary N) is 1. The van der Waals surface area contributed by atoms with Crippen molar-refractivity contribution in [2.24, 2.45) is 0 Å². The van der Waals surface area contributed by atoms with Crippen LogP contribution < -0.4 is 14.8 Å². The molecule has 1 N–H and O–H groups in total. The zero-order valence-electron chi connectivity index (χ0n) is 11.2. The Labute approximate surface area is 108 Å². The predicted octanol–water partition coefficient (Wildman–Crippen LogP) is 1.78. The second kappa shape index (κ2) is 8.60. The van der Waals surface area contributed by atoms with E-state index in [1.165, 1.54) is 0 Å². The van der Waals surface area contributed by atoms with Crippen molar-refractivity contribution < 1.29 is 18.9 Å². The van der Waals surface area contributed by atoms with Crippen molar-refractivity contribution in [3.05, 3.63) is 18.2 Å². The van der Waals surface area contributed by atoms with Gasteiger partial charge in [-0.25, -0.2) is 0 Å². The van der Waals surface area contributed by atoms with Crippen LogP contribution in [0, 0.1) is 0 Å². The van der Waals surface area contributed by atoms with Crippen LogP contribution in [0.5, 0.6) is 11.5 Å². The highest BCUT2D eigenvalue weighted by molar-refractivity contribution is 5.59. The van der Waals surface area contributed by atoms with Gasteiger partial charge in [-0.15, -0.1) is 0 Å². The predicted molar refractivity (Wildman–Crippen MR) is 70.7 cm³/mol. The highest BCUT2D eigenvalue weighted by atomic mass is 16.5. The molecule has 0 aliphatic rings. The molecule has 0 aliphatic carbocycles. The van der Waals surface area contributed by atoms with Gasteiger partial charge in [0.15, 0.2) is 0 Å². The minimum atomic E-state index is 0.609. The van der Waals surface area contributed by atoms with E-state index in [0.29, 0.717) is 26.4 Å². The van der Waals surface area contributed by atoms with Crippen molar-refractivity contribution in [1.82, 2.24) is 0 Å². The topological polar surface area (TPSA) is 49.0 Å². The van der Waals surface area contributed by atoms with E-state index in [1.807, 2.05) is 18.2 Å². The number of methoxy groups -OCH3 is 3. The van der Waals surface area contributed by atoms with Gasteiger partial charge in [-0.05, 0) is 12.1 Å². The first-order valence-corrected chi connectivity index (χ1v) is 5.84. The SMILES string of the molecule is COCCOCCNc1ccc(OC)cc1OC. The monoisotopic (exact) mass is 255 g/mol. The lowest BCUT2D eigenvalue weighted by Gasteiger charge is -2.12. The number of hydrogen-bond donors (Lipinski definition) is 1. The first-order valence-electron chi connectivity index (χ1n) is 5.84. The minimum Gasteiger partial charge on any atom is -0.497 e. The molecule has 0 radical (unpaired) electrons. The first kappa shape index (κ1) is 14.6. The zero-order chi connectivity index (χ0) is 13.2. The van der Waals surface area contributed by atoms with E-state index in [-0.39, 0.29) is 0 Å². The zero-order valence-corrected chi connectivity index (χ0v) is 11.2. The maximum atomic E-state index is 5.36. The third-order valence-electron chi connectivity index (χ3n) is 2.40. The average molecular weight is 255 g/mol. The Morgan fingerprint density at radius 1 is 1.00 bits per heavy atom. The molecular weight excluding hydrogens is 234 g/mol. The fraction of sp³-hybridized carbons (Fsp3) is 0.538. The number of hydrogen-bond acceptors (Lipinski definition) is 5. The summed E-state index contributed by atoms with van der Waals surface area (Å²) in [5.41, 5.74) is 0.925. The van der Waals surface area contributed by atoms with Crippen LogP contribution in [0.4, 0.5) is 5.69 Å². The van der Waals surface area contributed by atoms with Crippen LogP contribution >= 0.6 is 0 Å². The third kappa shape index (κ3) is 4.81. The molecule has 0 aromatic heterocycles. The molecule has 1 aromatic carbocycles. The lowest BCUT2D eigenvalue weighted by molar-refractivity contribution is 0.0759. The van der Waals surface area contributed by atoms with Crippen LogP contribution in [0.25, 0.3) is 0 Å². The standard InChI is InChI=1S/C13H21NO4/c1-15-8-9-18-7-6-14-12-5-4-11(16-2)10-13(12)17-3/h4-5,10,14H,6-9H2,1-3H3. The third-order valence-corrected chi connectivity index (χ3v) is 2.40. The van der Waals surface area contributed by atoms with Gasteiger partial charge in [0.2, 0.25) is 0 Å². The lowest BCUT2D eigenvalue weighted by atomic mass is 10.2. The van der Waals surface area contributed by atoms with Crippen molar-refractivity contribution in [3.8, 4) is 11.5 Å². The average Bonchev–Trinajstić information content (AvgIpc) is 2.42. The Kier molecular flexibility index (Phi) is 6.98. The Morgan fingerprint density at radius 3 is 2.50 bits per heavy atom. The maximum Gasteiger partial charge on any atom is 0.145 e. The molecule has 5 nitrogen and oxygen atoms in total. The maximum absolute atomic E-state index is 5.36. The summed E-state index contributed by atoms with van der Waals surface area (Å²) in [5.74, 6) is 1.53. The van der Waals surface area contributed by atoms with Gasteiger partial charge in [0.05, 0.1) is 39.7 Å². The van der Waals surface area contributed by atoms with E-state index in [9.17, 15) is 0 Å². The summed E-state index contributed by atoms with van der Waals surface area (Å²) in [6.07, 6.45) is 0. The van der Waals surface area contributed by atoms with Crippen molar-refractivity contribution in [2.75, 3.05) is 53.0 Å². The molecule has 0 saturated heterocycles. The summed E-state index contributed by atoms with van der Waals surface area (Å²) < 4.78 is 20.7. The molecule has 0 unspecified atom stereocenters. The van der Waals surface area contributed by atoms with Gasteiger partial charge in [0.25, 0.3) is 0 Å². The van der Waals surface area contributed by atoms with Crippen LogP contribution in [0.15, 0.2) is 18.2 Å². The van der Waals surface area contributed by atoms with Crippen LogP contribution in [-0.2, 0) is 9.47 Å². The summed E-state index contributed by atoms with van der Waals surface area (Å²) in [6, 6.07) is 5.65. The summed E-state index contributed by atoms with van der Waals surface area (Å²) in [7, 11) is 4.92. The van der Waals surface area contributed by atoms with E-state index >= 15 is 0 Å². The quantitative estimate of drug-likeness (QED) is 0.682. The molecule has 0 fully saturated rings. The first-order chi connectivity index (χ1) is 8.81. The number of ether oxygens (including phenoxy) is 4. The molecule has 0 saturated carbocycles. The van der Waals surface area contributed by atoms with Gasteiger partial charge in [0.1, 0.15) is 11.5 Å². The van der Waals surface area contributed by atoms with Crippen LogP contribution in [0.1, 0.15) is 0 Å². The van der Waals surface area contributed by atoms with Crippen molar-refractivity contribution in [2.45, 2.75) is 0 Å². The van der Waals surface area contributed by atoms with Gasteiger partial charge >= 0.3 is 0 Å². The Balaban J connectivity index is 2.37. The molecule has 18 heavy (non-hydrogen) atoms. The molecule has 102 valence electrons. The Bertz CT molecular complexity index is 344. The normalized spacial score (nSPS) is 10.2. The number of anilines is 1. The molecular formula is C13H21NO4. The van der Waals surface area contributed by atoms with Crippen molar-refractivity contribution in [1.29, 1.82) is 0 Å². The van der Waals surface area contributed by atoms with Gasteiger partial charge < -0.3 is 24.3 Å². The fourth-order valence-corrected chi connectivity index (χ4v) is 1.45. The van der Waals surface area contributed by atoms with E-state index in [4.69, 9.17) is 18.9 Å². The highest BCUT2D eigenvalue weighted by Crippen LogP contribution is 2.28. The number of benzene rings is 1. The fourth-order valence-electron chi connectivity index (χ4n) is 1.45. The minimum absolute atomic E-state index is 0.609. The molecule has 0 aliphatic heterocycles. The van der Waals surface area contributed by atoms with Crippen molar-refractivity contribution >= 4 is 5.69 Å². The molecule has 0 spiro atoms. The van der Waals surface area contributed by atoms with E-state index in [1.54, 1.807) is 21.3 Å². The molecule has 1 aromatic rings. The van der Waals surface area contributed by atoms with Crippen LogP contribution in [-0.4, -0.2) is 47.7 Å². The highest BCUT2D eigenvalue weighted by Gasteiger charge is 2.03. The molecule has 0 heterocycles. The van der Waals surface area contributed by atoms with Crippen LogP contribution in [0.3, 0.4) is 0 Å². The van der Waals surface area contributed by atoms with Gasteiger partial charge in [-0.1, -0.05) is 0 Å². The van der Waals surface area contributed by atoms with Gasteiger partial charge in [-0.2, -0.15) is 0 Å². The molecule has 5 heteroatoms. The smallest absolute Gasteiger partial charge is 0.145 e. The largest absolute Gasteiger partial charge is 0.497 e. The molecule has 0 bridgehead atoms. The van der Waals surface area contributed by atoms with E-state index in [0.717, 1.165) is 17.2 Å². The summed E-state index contributed by atoms with van der Waals surface area (Å²) in [4.78, 5) is 0. The Morgan fingerprint density at radius 2 is 1.83 bits per heavy atom. The van der Waals surface area contributed by atoms with Crippen LogP contribution in [0.2, 0.25) is 0 Å². The summed E-state index contributed by atoms with van der Waals surface area (Å²) in [6.45, 7) is 2.56. The number of rotatable bonds is 9. The second-order valence-corrected chi connectivity index (χ2v) is 3.60. The van der Waals surface area contributed by atoms with Crippen molar-refractivity contribution in [3.63, 3.8) is 0 Å². The summed E-state index contributed by atoms with van der Waals surface area (Å²) >= 11 is 0. The second-order valence-electron chi connectivity index (χ2n) is 3.60. The van der Waals surface area contributed by atoms with E-state index in [2.05, 4.69) is 5.32 Å². The summed E-state index contributed by atoms with van der Waals surface area (Å²) in [5, 5.41) is 3.25. The van der Waals surface area contributed by atoms with E-state index < -0.39 is 0 Å². The molecule has 1 rings (SSSR count). The van der Waals surface area contributed by atoms with Gasteiger partial charge in [0, 0.05) is 19.7 Å². The lowest BCUT2D eigenvalue weighted by Crippen LogP contribution is -2.12. The molecule has 0 atom stereocenters. The Hall–Kier alpha value is -1.46. The van der Waals surface area contributed by atoms with Gasteiger partial charge in [-0.3, -0.25) is 0 Å².